The smallest absolute Gasteiger partial charge is 0.204 e. The Labute approximate surface area is 127 Å². The van der Waals surface area contributed by atoms with Gasteiger partial charge in [-0.2, -0.15) is 5.10 Å². The van der Waals surface area contributed by atoms with Crippen LogP contribution in [0.1, 0.15) is 24.0 Å². The molecule has 2 aromatic carbocycles. The van der Waals surface area contributed by atoms with Crippen LogP contribution in [0.3, 0.4) is 0 Å². The summed E-state index contributed by atoms with van der Waals surface area (Å²) < 4.78 is 1.18. The summed E-state index contributed by atoms with van der Waals surface area (Å²) in [6, 6.07) is 16.7. The van der Waals surface area contributed by atoms with Crippen molar-refractivity contribution in [3.63, 3.8) is 0 Å². The molecule has 0 saturated heterocycles. The van der Waals surface area contributed by atoms with Crippen LogP contribution in [0.15, 0.2) is 53.6 Å². The van der Waals surface area contributed by atoms with Gasteiger partial charge in [-0.15, -0.1) is 0 Å². The highest BCUT2D eigenvalue weighted by atomic mass is 32.1. The molecule has 0 fully saturated rings. The van der Waals surface area contributed by atoms with Crippen LogP contribution in [0, 0.1) is 0 Å². The van der Waals surface area contributed by atoms with Gasteiger partial charge >= 0.3 is 0 Å². The number of aromatic nitrogens is 1. The number of nitrogens with zero attached hydrogens (tertiary/aromatic N) is 2. The molecule has 1 N–H and O–H groups in total. The molecule has 0 spiro atoms. The lowest BCUT2D eigenvalue weighted by atomic mass is 9.90. The molecular weight excluding hydrogens is 278 g/mol. The predicted molar refractivity (Wildman–Crippen MR) is 89.2 cm³/mol. The minimum absolute atomic E-state index is 0.853. The molecule has 1 aliphatic rings. The van der Waals surface area contributed by atoms with Crippen molar-refractivity contribution in [3.8, 4) is 0 Å². The van der Waals surface area contributed by atoms with E-state index < -0.39 is 0 Å². The van der Waals surface area contributed by atoms with Crippen molar-refractivity contribution in [2.45, 2.75) is 19.3 Å². The van der Waals surface area contributed by atoms with Gasteiger partial charge in [-0.1, -0.05) is 47.7 Å². The molecule has 1 aliphatic carbocycles. The Balaban J connectivity index is 1.64. The number of hydrogen-bond acceptors (Lipinski definition) is 4. The maximum absolute atomic E-state index is 4.60. The highest BCUT2D eigenvalue weighted by molar-refractivity contribution is 7.22. The molecule has 0 saturated carbocycles. The molecule has 0 amide bonds. The lowest BCUT2D eigenvalue weighted by Gasteiger charge is -2.17. The van der Waals surface area contributed by atoms with E-state index in [0.29, 0.717) is 0 Å². The van der Waals surface area contributed by atoms with Gasteiger partial charge in [0.05, 0.1) is 15.9 Å². The zero-order valence-electron chi connectivity index (χ0n) is 11.5. The van der Waals surface area contributed by atoms with Crippen LogP contribution >= 0.6 is 11.3 Å². The maximum Gasteiger partial charge on any atom is 0.204 e. The summed E-state index contributed by atoms with van der Waals surface area (Å²) in [4.78, 5) is 4.55. The monoisotopic (exact) mass is 293 g/mol. The van der Waals surface area contributed by atoms with E-state index in [9.17, 15) is 0 Å². The summed E-state index contributed by atoms with van der Waals surface area (Å²) in [5.74, 6) is 0. The molecular formula is C17H15N3S. The van der Waals surface area contributed by atoms with E-state index in [0.717, 1.165) is 35.6 Å². The summed E-state index contributed by atoms with van der Waals surface area (Å²) in [5.41, 5.74) is 7.97. The van der Waals surface area contributed by atoms with Gasteiger partial charge in [0.1, 0.15) is 0 Å². The predicted octanol–water partition coefficient (Wildman–Crippen LogP) is 4.45. The molecule has 21 heavy (non-hydrogen) atoms. The number of fused-ring (bicyclic) bond motifs is 2. The second-order valence-electron chi connectivity index (χ2n) is 5.17. The quantitative estimate of drug-likeness (QED) is 0.709. The summed E-state index contributed by atoms with van der Waals surface area (Å²) in [5, 5.41) is 5.46. The van der Waals surface area contributed by atoms with Crippen LogP contribution in [0.4, 0.5) is 5.13 Å². The Morgan fingerprint density at radius 3 is 2.81 bits per heavy atom. The van der Waals surface area contributed by atoms with Gasteiger partial charge in [0.25, 0.3) is 0 Å². The fraction of sp³-hybridized carbons (Fsp3) is 0.176. The summed E-state index contributed by atoms with van der Waals surface area (Å²) in [7, 11) is 0. The van der Waals surface area contributed by atoms with E-state index in [2.05, 4.69) is 45.8 Å². The topological polar surface area (TPSA) is 37.3 Å². The fourth-order valence-corrected chi connectivity index (χ4v) is 3.56. The first-order chi connectivity index (χ1) is 10.4. The normalized spacial score (nSPS) is 16.1. The van der Waals surface area contributed by atoms with E-state index >= 15 is 0 Å². The molecule has 0 unspecified atom stereocenters. The summed E-state index contributed by atoms with van der Waals surface area (Å²) >= 11 is 1.64. The number of hydrazone groups is 1. The van der Waals surface area contributed by atoms with Crippen molar-refractivity contribution < 1.29 is 0 Å². The van der Waals surface area contributed by atoms with Crippen LogP contribution < -0.4 is 5.43 Å². The van der Waals surface area contributed by atoms with Crippen molar-refractivity contribution >= 4 is 32.4 Å². The zero-order valence-corrected chi connectivity index (χ0v) is 12.4. The number of anilines is 1. The van der Waals surface area contributed by atoms with Gasteiger partial charge < -0.3 is 0 Å². The Kier molecular flexibility index (Phi) is 3.16. The molecule has 3 aromatic rings. The number of thiazole rings is 1. The number of rotatable bonds is 2. The highest BCUT2D eigenvalue weighted by Crippen LogP contribution is 2.26. The van der Waals surface area contributed by atoms with Crippen LogP contribution in [0.5, 0.6) is 0 Å². The van der Waals surface area contributed by atoms with E-state index in [-0.39, 0.29) is 0 Å². The Bertz CT molecular complexity index is 787. The molecule has 1 aromatic heterocycles. The Hall–Kier alpha value is -2.20. The van der Waals surface area contributed by atoms with Crippen LogP contribution in [-0.2, 0) is 6.42 Å². The Morgan fingerprint density at radius 1 is 1.00 bits per heavy atom. The van der Waals surface area contributed by atoms with Crippen molar-refractivity contribution in [1.82, 2.24) is 4.98 Å². The van der Waals surface area contributed by atoms with Crippen molar-refractivity contribution in [2.75, 3.05) is 5.43 Å². The minimum atomic E-state index is 0.853. The standard InChI is InChI=1S/C17H15N3S/c1-2-8-13-12(6-1)7-5-10-14(13)19-20-17-18-15-9-3-4-11-16(15)21-17/h1-4,6,8-9,11H,5,7,10H2,(H,18,20)/b19-14-. The largest absolute Gasteiger partial charge is 0.252 e. The van der Waals surface area contributed by atoms with E-state index in [1.807, 2.05) is 18.2 Å². The zero-order chi connectivity index (χ0) is 14.1. The second kappa shape index (κ2) is 5.30. The highest BCUT2D eigenvalue weighted by Gasteiger charge is 2.14. The molecule has 0 bridgehead atoms. The van der Waals surface area contributed by atoms with E-state index in [1.165, 1.54) is 15.8 Å². The van der Waals surface area contributed by atoms with E-state index in [4.69, 9.17) is 0 Å². The van der Waals surface area contributed by atoms with Crippen molar-refractivity contribution in [3.05, 3.63) is 59.7 Å². The third-order valence-electron chi connectivity index (χ3n) is 3.77. The molecule has 0 aliphatic heterocycles. The molecule has 3 nitrogen and oxygen atoms in total. The molecule has 104 valence electrons. The first-order valence-electron chi connectivity index (χ1n) is 7.16. The third-order valence-corrected chi connectivity index (χ3v) is 4.71. The van der Waals surface area contributed by atoms with Gasteiger partial charge in [-0.3, -0.25) is 5.43 Å². The second-order valence-corrected chi connectivity index (χ2v) is 6.20. The molecule has 0 atom stereocenters. The molecule has 1 heterocycles. The summed E-state index contributed by atoms with van der Waals surface area (Å²) in [6.07, 6.45) is 3.34. The van der Waals surface area contributed by atoms with Gasteiger partial charge in [0.2, 0.25) is 5.13 Å². The maximum atomic E-state index is 4.60. The van der Waals surface area contributed by atoms with Gasteiger partial charge in [-0.05, 0) is 37.0 Å². The number of benzene rings is 2. The summed E-state index contributed by atoms with van der Waals surface area (Å²) in [6.45, 7) is 0. The first kappa shape index (κ1) is 12.5. The first-order valence-corrected chi connectivity index (χ1v) is 7.98. The number of para-hydroxylation sites is 1. The van der Waals surface area contributed by atoms with Gasteiger partial charge in [0.15, 0.2) is 0 Å². The fourth-order valence-electron chi connectivity index (χ4n) is 2.75. The van der Waals surface area contributed by atoms with Crippen LogP contribution in [0.25, 0.3) is 10.2 Å². The molecule has 0 radical (unpaired) electrons. The lowest BCUT2D eigenvalue weighted by Crippen LogP contribution is -2.13. The third kappa shape index (κ3) is 2.43. The van der Waals surface area contributed by atoms with Crippen LogP contribution in [-0.4, -0.2) is 10.7 Å². The lowest BCUT2D eigenvalue weighted by molar-refractivity contribution is 0.837. The molecule has 4 rings (SSSR count). The molecule has 4 heteroatoms. The van der Waals surface area contributed by atoms with E-state index in [1.54, 1.807) is 11.3 Å². The van der Waals surface area contributed by atoms with Crippen molar-refractivity contribution in [1.29, 1.82) is 0 Å². The number of aryl methyl sites for hydroxylation is 1. The SMILES string of the molecule is c1ccc2c(c1)CCC/C2=N/Nc1nc2ccccc2s1. The average Bonchev–Trinajstić information content (AvgIpc) is 2.96. The van der Waals surface area contributed by atoms with Gasteiger partial charge in [-0.25, -0.2) is 4.98 Å². The van der Waals surface area contributed by atoms with Gasteiger partial charge in [0, 0.05) is 5.56 Å². The average molecular weight is 293 g/mol. The Morgan fingerprint density at radius 2 is 1.86 bits per heavy atom. The van der Waals surface area contributed by atoms with Crippen LogP contribution in [0.2, 0.25) is 0 Å². The van der Waals surface area contributed by atoms with Crippen molar-refractivity contribution in [2.24, 2.45) is 5.10 Å². The number of hydrogen-bond donors (Lipinski definition) is 1. The number of nitrogens with one attached hydrogen (secondary N) is 1. The minimum Gasteiger partial charge on any atom is -0.252 e.